The topological polar surface area (TPSA) is 64.4 Å². The molecule has 1 aromatic rings. The first kappa shape index (κ1) is 12.3. The van der Waals surface area contributed by atoms with E-state index >= 15 is 0 Å². The standard InChI is InChI=1S/C10H10Cl2N2O3/c1-2-10(5-11)13-9-7(14(15)16)3-6(12)4-8(9)17-10/h3-4,13H,2,5H2,1H3. The Morgan fingerprint density at radius 1 is 1.59 bits per heavy atom. The number of halogens is 2. The van der Waals surface area contributed by atoms with E-state index in [9.17, 15) is 10.1 Å². The largest absolute Gasteiger partial charge is 0.464 e. The lowest BCUT2D eigenvalue weighted by atomic mass is 10.2. The molecule has 0 saturated heterocycles. The van der Waals surface area contributed by atoms with E-state index in [2.05, 4.69) is 5.32 Å². The highest BCUT2D eigenvalue weighted by Gasteiger charge is 2.40. The maximum atomic E-state index is 10.9. The highest BCUT2D eigenvalue weighted by atomic mass is 35.5. The number of alkyl halides is 1. The van der Waals surface area contributed by atoms with E-state index in [0.717, 1.165) is 0 Å². The molecule has 1 aromatic carbocycles. The summed E-state index contributed by atoms with van der Waals surface area (Å²) in [5, 5.41) is 14.2. The molecule has 0 bridgehead atoms. The number of fused-ring (bicyclic) bond motifs is 1. The van der Waals surface area contributed by atoms with Crippen molar-refractivity contribution in [2.75, 3.05) is 11.2 Å². The maximum Gasteiger partial charge on any atom is 0.297 e. The molecule has 2 rings (SSSR count). The Morgan fingerprint density at radius 3 is 2.82 bits per heavy atom. The fourth-order valence-corrected chi connectivity index (χ4v) is 2.21. The van der Waals surface area contributed by atoms with E-state index in [1.165, 1.54) is 6.07 Å². The molecule has 0 radical (unpaired) electrons. The molecule has 1 heterocycles. The van der Waals surface area contributed by atoms with E-state index < -0.39 is 10.6 Å². The number of hydrogen-bond donors (Lipinski definition) is 1. The number of nitro groups is 1. The molecule has 5 nitrogen and oxygen atoms in total. The van der Waals surface area contributed by atoms with Gasteiger partial charge >= 0.3 is 0 Å². The Bertz CT molecular complexity index is 475. The van der Waals surface area contributed by atoms with Crippen LogP contribution in [0.25, 0.3) is 0 Å². The molecule has 1 atom stereocenters. The lowest BCUT2D eigenvalue weighted by Crippen LogP contribution is -2.41. The number of nitro benzene ring substituents is 1. The zero-order valence-electron chi connectivity index (χ0n) is 9.00. The Balaban J connectivity index is 2.51. The normalized spacial score (nSPS) is 21.6. The fourth-order valence-electron chi connectivity index (χ4n) is 1.70. The summed E-state index contributed by atoms with van der Waals surface area (Å²) in [4.78, 5) is 10.4. The van der Waals surface area contributed by atoms with Crippen LogP contribution >= 0.6 is 23.2 Å². The predicted molar refractivity (Wildman–Crippen MR) is 66.1 cm³/mol. The molecule has 92 valence electrons. The van der Waals surface area contributed by atoms with Crippen LogP contribution in [0.1, 0.15) is 13.3 Å². The van der Waals surface area contributed by atoms with Gasteiger partial charge in [-0.3, -0.25) is 10.1 Å². The van der Waals surface area contributed by atoms with Crippen molar-refractivity contribution in [2.45, 2.75) is 19.1 Å². The van der Waals surface area contributed by atoms with Crippen molar-refractivity contribution in [3.8, 4) is 5.75 Å². The van der Waals surface area contributed by atoms with Gasteiger partial charge in [0.15, 0.2) is 17.2 Å². The third-order valence-corrected chi connectivity index (χ3v) is 3.34. The monoisotopic (exact) mass is 276 g/mol. The van der Waals surface area contributed by atoms with E-state index in [1.807, 2.05) is 6.92 Å². The fraction of sp³-hybridized carbons (Fsp3) is 0.400. The Labute approximate surface area is 108 Å². The first-order chi connectivity index (χ1) is 8.01. The van der Waals surface area contributed by atoms with Crippen LogP contribution in [-0.2, 0) is 0 Å². The van der Waals surface area contributed by atoms with Crippen molar-refractivity contribution < 1.29 is 9.66 Å². The molecule has 0 spiro atoms. The summed E-state index contributed by atoms with van der Waals surface area (Å²) in [6.45, 7) is 1.88. The average molecular weight is 277 g/mol. The molecule has 0 amide bonds. The van der Waals surface area contributed by atoms with E-state index in [-0.39, 0.29) is 16.6 Å². The number of hydrogen-bond acceptors (Lipinski definition) is 4. The second-order valence-electron chi connectivity index (χ2n) is 3.76. The number of nitrogens with one attached hydrogen (secondary N) is 1. The SMILES string of the molecule is CCC1(CCl)Nc2c(cc(Cl)cc2[N+](=O)[O-])O1. The minimum Gasteiger partial charge on any atom is -0.464 e. The second kappa shape index (κ2) is 4.23. The molecule has 0 aromatic heterocycles. The highest BCUT2D eigenvalue weighted by Crippen LogP contribution is 2.46. The zero-order valence-corrected chi connectivity index (χ0v) is 10.5. The molecule has 0 fully saturated rings. The van der Waals surface area contributed by atoms with Gasteiger partial charge in [0.25, 0.3) is 5.69 Å². The average Bonchev–Trinajstić information content (AvgIpc) is 2.66. The molecule has 0 saturated carbocycles. The number of anilines is 1. The summed E-state index contributed by atoms with van der Waals surface area (Å²) in [5.74, 6) is 0.555. The van der Waals surface area contributed by atoms with Gasteiger partial charge in [-0.2, -0.15) is 0 Å². The maximum absolute atomic E-state index is 10.9. The Kier molecular flexibility index (Phi) is 3.05. The summed E-state index contributed by atoms with van der Waals surface area (Å²) >= 11 is 11.6. The van der Waals surface area contributed by atoms with Gasteiger partial charge in [-0.25, -0.2) is 0 Å². The summed E-state index contributed by atoms with van der Waals surface area (Å²) in [7, 11) is 0. The molecule has 17 heavy (non-hydrogen) atoms. The Hall–Kier alpha value is -1.20. The van der Waals surface area contributed by atoms with E-state index in [4.69, 9.17) is 27.9 Å². The first-order valence-corrected chi connectivity index (χ1v) is 5.93. The van der Waals surface area contributed by atoms with Gasteiger partial charge in [0.1, 0.15) is 0 Å². The third-order valence-electron chi connectivity index (χ3n) is 2.69. The number of rotatable bonds is 3. The molecule has 0 aliphatic carbocycles. The van der Waals surface area contributed by atoms with Crippen molar-refractivity contribution in [1.29, 1.82) is 0 Å². The third kappa shape index (κ3) is 2.00. The van der Waals surface area contributed by atoms with Crippen molar-refractivity contribution in [2.24, 2.45) is 0 Å². The van der Waals surface area contributed by atoms with Crippen LogP contribution in [0.5, 0.6) is 5.75 Å². The van der Waals surface area contributed by atoms with Crippen LogP contribution in [0.3, 0.4) is 0 Å². The molecule has 1 aliphatic rings. The summed E-state index contributed by atoms with van der Waals surface area (Å²) in [6, 6.07) is 2.83. The lowest BCUT2D eigenvalue weighted by molar-refractivity contribution is -0.383. The summed E-state index contributed by atoms with van der Waals surface area (Å²) in [5.41, 5.74) is -0.561. The van der Waals surface area contributed by atoms with Crippen molar-refractivity contribution in [3.05, 3.63) is 27.3 Å². The Morgan fingerprint density at radius 2 is 2.29 bits per heavy atom. The number of nitrogens with zero attached hydrogens (tertiary/aromatic N) is 1. The van der Waals surface area contributed by atoms with E-state index in [1.54, 1.807) is 6.07 Å². The number of ether oxygens (including phenoxy) is 1. The minimum absolute atomic E-state index is 0.104. The van der Waals surface area contributed by atoms with Gasteiger partial charge < -0.3 is 10.1 Å². The second-order valence-corrected chi connectivity index (χ2v) is 4.47. The highest BCUT2D eigenvalue weighted by molar-refractivity contribution is 6.31. The van der Waals surface area contributed by atoms with Gasteiger partial charge in [-0.05, 0) is 0 Å². The summed E-state index contributed by atoms with van der Waals surface area (Å²) < 4.78 is 5.63. The van der Waals surface area contributed by atoms with Crippen LogP contribution in [0, 0.1) is 10.1 Å². The van der Waals surface area contributed by atoms with Crippen molar-refractivity contribution in [1.82, 2.24) is 0 Å². The molecular weight excluding hydrogens is 267 g/mol. The first-order valence-electron chi connectivity index (χ1n) is 5.02. The molecule has 1 unspecified atom stereocenters. The van der Waals surface area contributed by atoms with Crippen LogP contribution in [-0.4, -0.2) is 16.5 Å². The molecule has 1 aliphatic heterocycles. The summed E-state index contributed by atoms with van der Waals surface area (Å²) in [6.07, 6.45) is 0.583. The minimum atomic E-state index is -0.792. The van der Waals surface area contributed by atoms with Gasteiger partial charge in [-0.1, -0.05) is 18.5 Å². The predicted octanol–water partition coefficient (Wildman–Crippen LogP) is 3.40. The van der Waals surface area contributed by atoms with Gasteiger partial charge in [0.2, 0.25) is 0 Å². The molecule has 7 heteroatoms. The van der Waals surface area contributed by atoms with E-state index in [0.29, 0.717) is 17.9 Å². The number of benzene rings is 1. The van der Waals surface area contributed by atoms with Gasteiger partial charge in [0, 0.05) is 18.6 Å². The van der Waals surface area contributed by atoms with Crippen LogP contribution in [0.4, 0.5) is 11.4 Å². The van der Waals surface area contributed by atoms with Crippen molar-refractivity contribution >= 4 is 34.6 Å². The van der Waals surface area contributed by atoms with Gasteiger partial charge in [0.05, 0.1) is 15.8 Å². The quantitative estimate of drug-likeness (QED) is 0.522. The molecular formula is C10H10Cl2N2O3. The smallest absolute Gasteiger partial charge is 0.297 e. The molecule has 1 N–H and O–H groups in total. The van der Waals surface area contributed by atoms with Crippen LogP contribution in [0.15, 0.2) is 12.1 Å². The van der Waals surface area contributed by atoms with Crippen LogP contribution in [0.2, 0.25) is 5.02 Å². The van der Waals surface area contributed by atoms with Crippen LogP contribution < -0.4 is 10.1 Å². The van der Waals surface area contributed by atoms with Crippen molar-refractivity contribution in [3.63, 3.8) is 0 Å². The lowest BCUT2D eigenvalue weighted by Gasteiger charge is -2.24. The zero-order chi connectivity index (χ0) is 12.6. The van der Waals surface area contributed by atoms with Gasteiger partial charge in [-0.15, -0.1) is 11.6 Å².